The van der Waals surface area contributed by atoms with Crippen molar-refractivity contribution < 1.29 is 4.74 Å². The average molecular weight is 374 g/mol. The third kappa shape index (κ3) is 3.58. The molecule has 0 radical (unpaired) electrons. The van der Waals surface area contributed by atoms with Crippen molar-refractivity contribution in [3.63, 3.8) is 0 Å². The van der Waals surface area contributed by atoms with Crippen LogP contribution in [-0.4, -0.2) is 23.6 Å². The van der Waals surface area contributed by atoms with Crippen LogP contribution in [0.1, 0.15) is 35.3 Å². The fourth-order valence-corrected chi connectivity index (χ4v) is 3.87. The number of methoxy groups -OCH3 is 1. The smallest absolute Gasteiger partial charge is 0.229 e. The molecule has 3 aromatic rings. The van der Waals surface area contributed by atoms with Crippen molar-refractivity contribution in [1.29, 1.82) is 0 Å². The van der Waals surface area contributed by atoms with Crippen LogP contribution in [-0.2, 0) is 17.8 Å². The molecular formula is C23H26N4O. The fraction of sp³-hybridized carbons (Fsp3) is 0.304. The van der Waals surface area contributed by atoms with Gasteiger partial charge in [-0.15, -0.1) is 0 Å². The summed E-state index contributed by atoms with van der Waals surface area (Å²) in [5, 5.41) is 3.34. The molecule has 28 heavy (non-hydrogen) atoms. The zero-order valence-corrected chi connectivity index (χ0v) is 16.6. The van der Waals surface area contributed by atoms with Crippen LogP contribution in [0.15, 0.2) is 54.6 Å². The summed E-state index contributed by atoms with van der Waals surface area (Å²) in [6.45, 7) is 5.74. The van der Waals surface area contributed by atoms with Gasteiger partial charge in [-0.05, 0) is 43.5 Å². The molecule has 1 atom stereocenters. The number of fused-ring (bicyclic) bond motifs is 1. The van der Waals surface area contributed by atoms with Crippen LogP contribution in [0.2, 0.25) is 0 Å². The zero-order valence-electron chi connectivity index (χ0n) is 16.6. The molecule has 2 heterocycles. The summed E-state index contributed by atoms with van der Waals surface area (Å²) in [5.41, 5.74) is 5.76. The van der Waals surface area contributed by atoms with E-state index in [4.69, 9.17) is 14.7 Å². The lowest BCUT2D eigenvalue weighted by Gasteiger charge is -2.37. The predicted molar refractivity (Wildman–Crippen MR) is 113 cm³/mol. The van der Waals surface area contributed by atoms with Crippen LogP contribution < -0.4 is 10.2 Å². The Morgan fingerprint density at radius 3 is 2.61 bits per heavy atom. The van der Waals surface area contributed by atoms with Crippen molar-refractivity contribution in [1.82, 2.24) is 9.97 Å². The van der Waals surface area contributed by atoms with Gasteiger partial charge in [0, 0.05) is 24.9 Å². The van der Waals surface area contributed by atoms with Crippen molar-refractivity contribution in [3.05, 3.63) is 77.0 Å². The van der Waals surface area contributed by atoms with Crippen molar-refractivity contribution in [3.8, 4) is 0 Å². The summed E-state index contributed by atoms with van der Waals surface area (Å²) in [5.74, 6) is 1.58. The Labute approximate surface area is 166 Å². The molecule has 0 aliphatic carbocycles. The maximum absolute atomic E-state index is 5.40. The third-order valence-corrected chi connectivity index (χ3v) is 5.40. The first-order valence-corrected chi connectivity index (χ1v) is 9.70. The van der Waals surface area contributed by atoms with Gasteiger partial charge in [0.2, 0.25) is 5.95 Å². The standard InChI is InChI=1S/C23H26N4O/c1-16-21(15-28-3)25-23(24-19-10-5-4-6-11-19)26-22(16)27-14-13-18-9-7-8-12-20(18)17(27)2/h4-12,17H,13-15H2,1-3H3,(H,24,25,26). The molecular weight excluding hydrogens is 348 g/mol. The fourth-order valence-electron chi connectivity index (χ4n) is 3.87. The normalized spacial score (nSPS) is 16.0. The van der Waals surface area contributed by atoms with Gasteiger partial charge >= 0.3 is 0 Å². The summed E-state index contributed by atoms with van der Waals surface area (Å²) >= 11 is 0. The molecule has 5 nitrogen and oxygen atoms in total. The van der Waals surface area contributed by atoms with E-state index in [1.807, 2.05) is 30.3 Å². The van der Waals surface area contributed by atoms with E-state index in [1.54, 1.807) is 7.11 Å². The van der Waals surface area contributed by atoms with Gasteiger partial charge in [-0.1, -0.05) is 42.5 Å². The second-order valence-corrected chi connectivity index (χ2v) is 7.18. The van der Waals surface area contributed by atoms with Gasteiger partial charge in [0.1, 0.15) is 5.82 Å². The number of anilines is 3. The summed E-state index contributed by atoms with van der Waals surface area (Å²) in [6.07, 6.45) is 1.02. The number of benzene rings is 2. The van der Waals surface area contributed by atoms with Crippen molar-refractivity contribution >= 4 is 17.5 Å². The Kier molecular flexibility index (Phi) is 5.26. The zero-order chi connectivity index (χ0) is 19.5. The Morgan fingerprint density at radius 1 is 1.07 bits per heavy atom. The molecule has 0 fully saturated rings. The van der Waals surface area contributed by atoms with Crippen LogP contribution in [0.3, 0.4) is 0 Å². The number of aromatic nitrogens is 2. The monoisotopic (exact) mass is 374 g/mol. The number of ether oxygens (including phenoxy) is 1. The average Bonchev–Trinajstić information content (AvgIpc) is 2.72. The van der Waals surface area contributed by atoms with Crippen molar-refractivity contribution in [2.24, 2.45) is 0 Å². The second kappa shape index (κ2) is 7.98. The number of hydrogen-bond donors (Lipinski definition) is 1. The molecule has 0 spiro atoms. The molecule has 144 valence electrons. The van der Waals surface area contributed by atoms with Crippen molar-refractivity contribution in [2.75, 3.05) is 23.9 Å². The van der Waals surface area contributed by atoms with Crippen LogP contribution >= 0.6 is 0 Å². The van der Waals surface area contributed by atoms with E-state index in [0.717, 1.165) is 35.7 Å². The van der Waals surface area contributed by atoms with E-state index in [9.17, 15) is 0 Å². The molecule has 4 rings (SSSR count). The minimum Gasteiger partial charge on any atom is -0.378 e. The highest BCUT2D eigenvalue weighted by atomic mass is 16.5. The number of nitrogens with one attached hydrogen (secondary N) is 1. The Bertz CT molecular complexity index is 958. The van der Waals surface area contributed by atoms with E-state index in [2.05, 4.69) is 48.3 Å². The lowest BCUT2D eigenvalue weighted by molar-refractivity contribution is 0.181. The molecule has 1 aliphatic rings. The van der Waals surface area contributed by atoms with E-state index in [0.29, 0.717) is 12.6 Å². The van der Waals surface area contributed by atoms with Gasteiger partial charge in [-0.25, -0.2) is 4.98 Å². The van der Waals surface area contributed by atoms with Crippen LogP contribution in [0.5, 0.6) is 0 Å². The SMILES string of the molecule is COCc1nc(Nc2ccccc2)nc(N2CCc3ccccc3C2C)c1C. The van der Waals surface area contributed by atoms with Crippen LogP contribution in [0, 0.1) is 6.92 Å². The minimum absolute atomic E-state index is 0.263. The molecule has 0 amide bonds. The molecule has 1 unspecified atom stereocenters. The summed E-state index contributed by atoms with van der Waals surface area (Å²) in [7, 11) is 1.70. The number of nitrogens with zero attached hydrogens (tertiary/aromatic N) is 3. The summed E-state index contributed by atoms with van der Waals surface area (Å²) < 4.78 is 5.40. The Balaban J connectivity index is 1.73. The van der Waals surface area contributed by atoms with E-state index < -0.39 is 0 Å². The van der Waals surface area contributed by atoms with Gasteiger partial charge in [-0.3, -0.25) is 0 Å². The molecule has 1 aromatic heterocycles. The highest BCUT2D eigenvalue weighted by Gasteiger charge is 2.27. The molecule has 1 N–H and O–H groups in total. The largest absolute Gasteiger partial charge is 0.378 e. The number of hydrogen-bond acceptors (Lipinski definition) is 5. The van der Waals surface area contributed by atoms with Gasteiger partial charge in [-0.2, -0.15) is 4.98 Å². The Morgan fingerprint density at radius 2 is 1.82 bits per heavy atom. The van der Waals surface area contributed by atoms with Crippen LogP contribution in [0.4, 0.5) is 17.5 Å². The quantitative estimate of drug-likeness (QED) is 0.695. The Hall–Kier alpha value is -2.92. The molecule has 2 aromatic carbocycles. The van der Waals surface area contributed by atoms with E-state index >= 15 is 0 Å². The molecule has 1 aliphatic heterocycles. The van der Waals surface area contributed by atoms with Gasteiger partial charge in [0.25, 0.3) is 0 Å². The molecule has 0 bridgehead atoms. The topological polar surface area (TPSA) is 50.3 Å². The van der Waals surface area contributed by atoms with Crippen molar-refractivity contribution in [2.45, 2.75) is 32.9 Å². The number of para-hydroxylation sites is 1. The van der Waals surface area contributed by atoms with Gasteiger partial charge < -0.3 is 15.0 Å². The maximum Gasteiger partial charge on any atom is 0.229 e. The van der Waals surface area contributed by atoms with Crippen LogP contribution in [0.25, 0.3) is 0 Å². The minimum atomic E-state index is 0.263. The number of rotatable bonds is 5. The summed E-state index contributed by atoms with van der Waals surface area (Å²) in [4.78, 5) is 12.0. The van der Waals surface area contributed by atoms with E-state index in [1.165, 1.54) is 11.1 Å². The second-order valence-electron chi connectivity index (χ2n) is 7.18. The maximum atomic E-state index is 5.40. The first-order chi connectivity index (χ1) is 13.7. The first kappa shape index (κ1) is 18.4. The molecule has 0 saturated carbocycles. The molecule has 0 saturated heterocycles. The van der Waals surface area contributed by atoms with Gasteiger partial charge in [0.05, 0.1) is 18.3 Å². The lowest BCUT2D eigenvalue weighted by Crippen LogP contribution is -2.35. The lowest BCUT2D eigenvalue weighted by atomic mass is 9.93. The highest BCUT2D eigenvalue weighted by Crippen LogP contribution is 2.35. The van der Waals surface area contributed by atoms with E-state index in [-0.39, 0.29) is 6.04 Å². The summed E-state index contributed by atoms with van der Waals surface area (Å²) in [6, 6.07) is 19.0. The highest BCUT2D eigenvalue weighted by molar-refractivity contribution is 5.59. The third-order valence-electron chi connectivity index (χ3n) is 5.40. The first-order valence-electron chi connectivity index (χ1n) is 9.70. The molecule has 5 heteroatoms. The predicted octanol–water partition coefficient (Wildman–Crippen LogP) is 4.80. The van der Waals surface area contributed by atoms with Gasteiger partial charge in [0.15, 0.2) is 0 Å².